The Morgan fingerprint density at radius 3 is 2.15 bits per heavy atom. The molecule has 0 saturated heterocycles. The van der Waals surface area contributed by atoms with E-state index in [0.29, 0.717) is 18.9 Å². The third-order valence-electron chi connectivity index (χ3n) is 6.67. The molecule has 39 heavy (non-hydrogen) atoms. The van der Waals surface area contributed by atoms with Crippen LogP contribution in [0.3, 0.4) is 0 Å². The Morgan fingerprint density at radius 2 is 1.62 bits per heavy atom. The van der Waals surface area contributed by atoms with Crippen LogP contribution in [-0.2, 0) is 14.3 Å². The summed E-state index contributed by atoms with van der Waals surface area (Å²) in [4.78, 5) is 43.0. The fraction of sp³-hybridized carbons (Fsp3) is 0.719. The summed E-state index contributed by atoms with van der Waals surface area (Å²) in [7, 11) is 0. The molecule has 0 radical (unpaired) electrons. The Hall–Kier alpha value is -2.57. The number of aryl methyl sites for hydroxylation is 2. The van der Waals surface area contributed by atoms with Gasteiger partial charge in [0.1, 0.15) is 17.7 Å². The van der Waals surface area contributed by atoms with Crippen molar-refractivity contribution in [3.63, 3.8) is 0 Å². The summed E-state index contributed by atoms with van der Waals surface area (Å²) in [6.45, 7) is 22.3. The van der Waals surface area contributed by atoms with Gasteiger partial charge in [0.25, 0.3) is 0 Å². The first-order valence-corrected chi connectivity index (χ1v) is 14.7. The highest BCUT2D eigenvalue weighted by molar-refractivity contribution is 5.92. The van der Waals surface area contributed by atoms with E-state index in [0.717, 1.165) is 42.4 Å². The van der Waals surface area contributed by atoms with Crippen molar-refractivity contribution in [2.75, 3.05) is 6.54 Å². The molecule has 2 N–H and O–H groups in total. The van der Waals surface area contributed by atoms with Crippen LogP contribution in [0.5, 0.6) is 0 Å². The molecule has 1 aromatic carbocycles. The number of amides is 3. The maximum Gasteiger partial charge on any atom is 0.408 e. The molecule has 0 heterocycles. The number of hydrogen-bond donors (Lipinski definition) is 2. The van der Waals surface area contributed by atoms with Crippen LogP contribution in [0, 0.1) is 25.7 Å². The predicted octanol–water partition coefficient (Wildman–Crippen LogP) is 6.85. The molecule has 0 bridgehead atoms. The molecular weight excluding hydrogens is 490 g/mol. The fourth-order valence-corrected chi connectivity index (χ4v) is 4.59. The molecule has 0 spiro atoms. The number of hydrogen-bond acceptors (Lipinski definition) is 4. The van der Waals surface area contributed by atoms with E-state index in [4.69, 9.17) is 4.74 Å². The fourth-order valence-electron chi connectivity index (χ4n) is 4.59. The number of unbranched alkanes of at least 4 members (excludes halogenated alkanes) is 1. The lowest BCUT2D eigenvalue weighted by atomic mass is 9.92. The zero-order valence-electron chi connectivity index (χ0n) is 26.4. The average molecular weight is 546 g/mol. The Labute approximate surface area is 237 Å². The van der Waals surface area contributed by atoms with Gasteiger partial charge in [0.2, 0.25) is 11.8 Å². The van der Waals surface area contributed by atoms with Crippen molar-refractivity contribution in [2.24, 2.45) is 11.8 Å². The van der Waals surface area contributed by atoms with Gasteiger partial charge in [0, 0.05) is 12.6 Å². The first-order valence-electron chi connectivity index (χ1n) is 14.7. The molecule has 3 amide bonds. The molecule has 0 saturated carbocycles. The normalized spacial score (nSPS) is 14.1. The van der Waals surface area contributed by atoms with Crippen LogP contribution in [0.4, 0.5) is 4.79 Å². The van der Waals surface area contributed by atoms with Crippen LogP contribution in [0.1, 0.15) is 117 Å². The molecule has 0 aromatic heterocycles. The average Bonchev–Trinajstić information content (AvgIpc) is 2.80. The maximum atomic E-state index is 14.5. The quantitative estimate of drug-likeness (QED) is 0.250. The van der Waals surface area contributed by atoms with Gasteiger partial charge in [-0.15, -0.1) is 0 Å². The van der Waals surface area contributed by atoms with E-state index in [1.807, 2.05) is 52.8 Å². The van der Waals surface area contributed by atoms with Gasteiger partial charge in [0.15, 0.2) is 0 Å². The number of ether oxygens (including phenoxy) is 1. The molecule has 0 aliphatic heterocycles. The van der Waals surface area contributed by atoms with Gasteiger partial charge in [-0.05, 0) is 90.2 Å². The maximum absolute atomic E-state index is 14.5. The topological polar surface area (TPSA) is 87.7 Å². The second-order valence-corrected chi connectivity index (χ2v) is 12.8. The van der Waals surface area contributed by atoms with Crippen LogP contribution in [0.15, 0.2) is 18.2 Å². The summed E-state index contributed by atoms with van der Waals surface area (Å²) in [5.74, 6) is 0.136. The van der Waals surface area contributed by atoms with E-state index in [1.165, 1.54) is 0 Å². The van der Waals surface area contributed by atoms with Crippen LogP contribution in [0.25, 0.3) is 0 Å². The van der Waals surface area contributed by atoms with E-state index in [-0.39, 0.29) is 23.8 Å². The molecule has 0 aliphatic carbocycles. The van der Waals surface area contributed by atoms with Crippen molar-refractivity contribution < 1.29 is 19.1 Å². The van der Waals surface area contributed by atoms with Crippen LogP contribution < -0.4 is 10.6 Å². The number of carbonyl (C=O) groups is 3. The van der Waals surface area contributed by atoms with Crippen LogP contribution in [0.2, 0.25) is 0 Å². The molecule has 0 aliphatic rings. The Balaban J connectivity index is 3.67. The second kappa shape index (κ2) is 15.9. The molecule has 222 valence electrons. The molecule has 0 fully saturated rings. The minimum absolute atomic E-state index is 0.138. The van der Waals surface area contributed by atoms with Gasteiger partial charge >= 0.3 is 6.09 Å². The second-order valence-electron chi connectivity index (χ2n) is 12.8. The van der Waals surface area contributed by atoms with Gasteiger partial charge in [-0.2, -0.15) is 0 Å². The van der Waals surface area contributed by atoms with Gasteiger partial charge in [-0.1, -0.05) is 64.8 Å². The highest BCUT2D eigenvalue weighted by atomic mass is 16.6. The summed E-state index contributed by atoms with van der Waals surface area (Å²) < 4.78 is 5.51. The van der Waals surface area contributed by atoms with E-state index < -0.39 is 23.8 Å². The first kappa shape index (κ1) is 34.5. The number of nitrogens with one attached hydrogen (secondary N) is 2. The van der Waals surface area contributed by atoms with Gasteiger partial charge in [-0.25, -0.2) is 4.79 Å². The lowest BCUT2D eigenvalue weighted by molar-refractivity contribution is -0.145. The molecule has 1 rings (SSSR count). The molecule has 3 atom stereocenters. The number of carbonyl (C=O) groups excluding carboxylic acids is 3. The first-order chi connectivity index (χ1) is 18.1. The van der Waals surface area contributed by atoms with Crippen molar-refractivity contribution in [1.29, 1.82) is 0 Å². The zero-order valence-corrected chi connectivity index (χ0v) is 26.4. The molecule has 3 unspecified atom stereocenters. The number of benzene rings is 1. The van der Waals surface area contributed by atoms with E-state index in [9.17, 15) is 14.4 Å². The summed E-state index contributed by atoms with van der Waals surface area (Å²) in [5, 5.41) is 5.94. The van der Waals surface area contributed by atoms with Gasteiger partial charge in [-0.3, -0.25) is 9.59 Å². The Kier molecular flexibility index (Phi) is 14.0. The molecule has 7 heteroatoms. The monoisotopic (exact) mass is 545 g/mol. The number of rotatable bonds is 14. The van der Waals surface area contributed by atoms with Crippen molar-refractivity contribution >= 4 is 17.9 Å². The summed E-state index contributed by atoms with van der Waals surface area (Å²) in [5.41, 5.74) is 2.09. The zero-order chi connectivity index (χ0) is 29.9. The van der Waals surface area contributed by atoms with E-state index >= 15 is 0 Å². The number of alkyl carbamates (subject to hydrolysis) is 1. The van der Waals surface area contributed by atoms with Crippen molar-refractivity contribution in [1.82, 2.24) is 15.5 Å². The van der Waals surface area contributed by atoms with E-state index in [1.54, 1.807) is 25.7 Å². The SMILES string of the molecule is CCCCNC(=O)C(c1cc(C)ccc1C)N(C(=O)C(CC(C)C)NC(=O)OC(C)(C)C)C(C)CCC(C)C. The van der Waals surface area contributed by atoms with Crippen molar-refractivity contribution in [2.45, 2.75) is 132 Å². The predicted molar refractivity (Wildman–Crippen MR) is 160 cm³/mol. The highest BCUT2D eigenvalue weighted by Crippen LogP contribution is 2.31. The van der Waals surface area contributed by atoms with E-state index in [2.05, 4.69) is 31.4 Å². The third kappa shape index (κ3) is 12.0. The van der Waals surface area contributed by atoms with Gasteiger partial charge in [0.05, 0.1) is 0 Å². The van der Waals surface area contributed by atoms with Crippen molar-refractivity contribution in [3.05, 3.63) is 34.9 Å². The lowest BCUT2D eigenvalue weighted by Crippen LogP contribution is -2.56. The van der Waals surface area contributed by atoms with Crippen molar-refractivity contribution in [3.8, 4) is 0 Å². The minimum Gasteiger partial charge on any atom is -0.444 e. The lowest BCUT2D eigenvalue weighted by Gasteiger charge is -2.39. The Bertz CT molecular complexity index is 936. The highest BCUT2D eigenvalue weighted by Gasteiger charge is 2.39. The smallest absolute Gasteiger partial charge is 0.408 e. The van der Waals surface area contributed by atoms with Gasteiger partial charge < -0.3 is 20.3 Å². The minimum atomic E-state index is -0.822. The third-order valence-corrected chi connectivity index (χ3v) is 6.67. The molecular formula is C32H55N3O4. The Morgan fingerprint density at radius 1 is 0.974 bits per heavy atom. The summed E-state index contributed by atoms with van der Waals surface area (Å²) >= 11 is 0. The molecule has 1 aromatic rings. The van der Waals surface area contributed by atoms with Crippen LogP contribution >= 0.6 is 0 Å². The summed E-state index contributed by atoms with van der Waals surface area (Å²) in [6.07, 6.45) is 3.27. The standard InChI is InChI=1S/C32H55N3O4/c1-12-13-18-33-29(36)28(26-20-23(6)15-16-24(26)7)35(25(8)17-14-21(2)3)30(37)27(19-22(4)5)34-31(38)39-32(9,10)11/h15-16,20-22,25,27-28H,12-14,17-19H2,1-11H3,(H,33,36)(H,34,38). The largest absolute Gasteiger partial charge is 0.444 e. The number of nitrogens with zero attached hydrogens (tertiary/aromatic N) is 1. The van der Waals surface area contributed by atoms with Crippen LogP contribution in [-0.4, -0.2) is 47.0 Å². The summed E-state index contributed by atoms with van der Waals surface area (Å²) in [6, 6.07) is 4.17. The molecule has 7 nitrogen and oxygen atoms in total.